The summed E-state index contributed by atoms with van der Waals surface area (Å²) in [6, 6.07) is 12.5. The molecule has 0 heterocycles. The summed E-state index contributed by atoms with van der Waals surface area (Å²) in [7, 11) is 0. The number of rotatable bonds is 3. The van der Waals surface area contributed by atoms with Crippen LogP contribution in [-0.4, -0.2) is 5.91 Å². The van der Waals surface area contributed by atoms with E-state index in [9.17, 15) is 4.79 Å². The fraction of sp³-hybridized carbons (Fsp3) is 0.0714. The van der Waals surface area contributed by atoms with E-state index in [1.54, 1.807) is 18.2 Å². The van der Waals surface area contributed by atoms with E-state index in [1.165, 1.54) is 0 Å². The van der Waals surface area contributed by atoms with Crippen LogP contribution < -0.4 is 5.32 Å². The van der Waals surface area contributed by atoms with Gasteiger partial charge in [-0.25, -0.2) is 0 Å². The van der Waals surface area contributed by atoms with E-state index in [2.05, 4.69) is 21.2 Å². The Labute approximate surface area is 129 Å². The summed E-state index contributed by atoms with van der Waals surface area (Å²) in [5.74, 6) is 0.205. The first-order valence-corrected chi connectivity index (χ1v) is 7.22. The molecule has 19 heavy (non-hydrogen) atoms. The smallest absolute Gasteiger partial charge is 0.257 e. The van der Waals surface area contributed by atoms with Gasteiger partial charge in [0.25, 0.3) is 5.91 Å². The van der Waals surface area contributed by atoms with Crippen LogP contribution in [0, 0.1) is 0 Å². The van der Waals surface area contributed by atoms with Crippen LogP contribution in [0.4, 0.5) is 5.69 Å². The number of hydrogen-bond donors (Lipinski definition) is 1. The van der Waals surface area contributed by atoms with Crippen LogP contribution in [0.25, 0.3) is 0 Å². The first-order valence-electron chi connectivity index (χ1n) is 5.51. The molecule has 2 nitrogen and oxygen atoms in total. The van der Waals surface area contributed by atoms with E-state index in [4.69, 9.17) is 23.2 Å². The number of benzene rings is 2. The van der Waals surface area contributed by atoms with Gasteiger partial charge in [-0.2, -0.15) is 0 Å². The molecule has 0 spiro atoms. The van der Waals surface area contributed by atoms with Crippen molar-refractivity contribution in [3.8, 4) is 0 Å². The van der Waals surface area contributed by atoms with Crippen molar-refractivity contribution in [2.75, 3.05) is 5.32 Å². The highest BCUT2D eigenvalue weighted by Crippen LogP contribution is 2.22. The zero-order valence-electron chi connectivity index (χ0n) is 9.79. The van der Waals surface area contributed by atoms with Crippen LogP contribution in [0.5, 0.6) is 0 Å². The maximum Gasteiger partial charge on any atom is 0.257 e. The Morgan fingerprint density at radius 2 is 1.84 bits per heavy atom. The second-order valence-corrected chi connectivity index (χ2v) is 5.50. The Kier molecular flexibility index (Phi) is 4.86. The van der Waals surface area contributed by atoms with Crippen molar-refractivity contribution >= 4 is 50.7 Å². The van der Waals surface area contributed by atoms with Gasteiger partial charge in [-0.1, -0.05) is 39.7 Å². The van der Waals surface area contributed by atoms with Gasteiger partial charge in [0.15, 0.2) is 0 Å². The van der Waals surface area contributed by atoms with Crippen molar-refractivity contribution < 1.29 is 4.79 Å². The zero-order chi connectivity index (χ0) is 13.8. The fourth-order valence-electron chi connectivity index (χ4n) is 1.55. The highest BCUT2D eigenvalue weighted by Gasteiger charge is 2.11. The minimum absolute atomic E-state index is 0.245. The van der Waals surface area contributed by atoms with E-state index in [-0.39, 0.29) is 5.91 Å². The van der Waals surface area contributed by atoms with Gasteiger partial charge in [0, 0.05) is 16.0 Å². The largest absolute Gasteiger partial charge is 0.322 e. The van der Waals surface area contributed by atoms with Gasteiger partial charge < -0.3 is 5.32 Å². The molecule has 2 aromatic carbocycles. The quantitative estimate of drug-likeness (QED) is 0.760. The van der Waals surface area contributed by atoms with Crippen LogP contribution in [0.1, 0.15) is 15.9 Å². The summed E-state index contributed by atoms with van der Waals surface area (Å²) in [5.41, 5.74) is 2.13. The number of amides is 1. The molecule has 0 aromatic heterocycles. The third-order valence-electron chi connectivity index (χ3n) is 2.54. The summed E-state index contributed by atoms with van der Waals surface area (Å²) in [6.45, 7) is 0. The number of halogens is 3. The molecule has 2 rings (SSSR count). The van der Waals surface area contributed by atoms with E-state index in [1.807, 2.05) is 24.3 Å². The van der Waals surface area contributed by atoms with Gasteiger partial charge in [0.05, 0.1) is 10.6 Å². The molecule has 2 aromatic rings. The molecular formula is C14H10BrCl2NO. The number of anilines is 1. The van der Waals surface area contributed by atoms with Gasteiger partial charge in [0.2, 0.25) is 0 Å². The number of carbonyl (C=O) groups is 1. The Balaban J connectivity index is 2.18. The maximum atomic E-state index is 12.1. The van der Waals surface area contributed by atoms with Crippen LogP contribution in [0.2, 0.25) is 5.02 Å². The second kappa shape index (κ2) is 6.42. The van der Waals surface area contributed by atoms with Crippen molar-refractivity contribution in [3.05, 3.63) is 63.1 Å². The molecule has 5 heteroatoms. The van der Waals surface area contributed by atoms with Crippen molar-refractivity contribution in [2.24, 2.45) is 0 Å². The lowest BCUT2D eigenvalue weighted by Crippen LogP contribution is -2.12. The van der Waals surface area contributed by atoms with Crippen LogP contribution in [0.15, 0.2) is 46.9 Å². The molecule has 1 N–H and O–H groups in total. The maximum absolute atomic E-state index is 12.1. The molecule has 0 aliphatic heterocycles. The molecule has 0 saturated carbocycles. The highest BCUT2D eigenvalue weighted by molar-refractivity contribution is 9.10. The lowest BCUT2D eigenvalue weighted by molar-refractivity contribution is 0.102. The second-order valence-electron chi connectivity index (χ2n) is 3.91. The van der Waals surface area contributed by atoms with Gasteiger partial charge >= 0.3 is 0 Å². The van der Waals surface area contributed by atoms with E-state index in [0.29, 0.717) is 22.2 Å². The van der Waals surface area contributed by atoms with Gasteiger partial charge in [-0.3, -0.25) is 4.79 Å². The number of carbonyl (C=O) groups excluding carboxylic acids is 1. The summed E-state index contributed by atoms with van der Waals surface area (Å²) in [5, 5.41) is 3.21. The van der Waals surface area contributed by atoms with Crippen LogP contribution >= 0.6 is 39.1 Å². The Morgan fingerprint density at radius 1 is 1.16 bits per heavy atom. The fourth-order valence-corrected chi connectivity index (χ4v) is 2.29. The minimum Gasteiger partial charge on any atom is -0.322 e. The van der Waals surface area contributed by atoms with Crippen molar-refractivity contribution in [2.45, 2.75) is 5.88 Å². The molecule has 1 amide bonds. The predicted molar refractivity (Wildman–Crippen MR) is 83.1 cm³/mol. The van der Waals surface area contributed by atoms with E-state index in [0.717, 1.165) is 10.0 Å². The molecule has 0 aliphatic carbocycles. The first kappa shape index (κ1) is 14.4. The van der Waals surface area contributed by atoms with E-state index < -0.39 is 0 Å². The van der Waals surface area contributed by atoms with Gasteiger partial charge in [0.1, 0.15) is 0 Å². The topological polar surface area (TPSA) is 29.1 Å². The van der Waals surface area contributed by atoms with Crippen LogP contribution in [-0.2, 0) is 5.88 Å². The lowest BCUT2D eigenvalue weighted by Gasteiger charge is -2.07. The molecule has 0 radical (unpaired) electrons. The summed E-state index contributed by atoms with van der Waals surface area (Å²) >= 11 is 15.0. The zero-order valence-corrected chi connectivity index (χ0v) is 12.9. The number of nitrogens with one attached hydrogen (secondary N) is 1. The van der Waals surface area contributed by atoms with Gasteiger partial charge in [-0.15, -0.1) is 11.6 Å². The molecule has 98 valence electrons. The number of hydrogen-bond acceptors (Lipinski definition) is 1. The predicted octanol–water partition coefficient (Wildman–Crippen LogP) is 5.09. The molecule has 0 saturated heterocycles. The van der Waals surface area contributed by atoms with Gasteiger partial charge in [-0.05, 0) is 35.9 Å². The molecular weight excluding hydrogens is 349 g/mol. The highest BCUT2D eigenvalue weighted by atomic mass is 79.9. The summed E-state index contributed by atoms with van der Waals surface area (Å²) < 4.78 is 0.805. The minimum atomic E-state index is -0.245. The molecule has 0 aliphatic rings. The van der Waals surface area contributed by atoms with Crippen LogP contribution in [0.3, 0.4) is 0 Å². The molecule has 0 bridgehead atoms. The third kappa shape index (κ3) is 3.72. The van der Waals surface area contributed by atoms with Crippen molar-refractivity contribution in [3.63, 3.8) is 0 Å². The van der Waals surface area contributed by atoms with Crippen molar-refractivity contribution in [1.82, 2.24) is 0 Å². The molecule has 0 unspecified atom stereocenters. The standard InChI is InChI=1S/C14H10BrCl2NO/c15-10-3-6-13(17)12(7-10)14(19)18-11-4-1-9(8-16)2-5-11/h1-7H,8H2,(H,18,19). The molecule has 0 atom stereocenters. The Bertz CT molecular complexity index is 599. The normalized spacial score (nSPS) is 10.3. The Morgan fingerprint density at radius 3 is 2.47 bits per heavy atom. The summed E-state index contributed by atoms with van der Waals surface area (Å²) in [4.78, 5) is 12.1. The number of alkyl halides is 1. The van der Waals surface area contributed by atoms with E-state index >= 15 is 0 Å². The average molecular weight is 359 g/mol. The third-order valence-corrected chi connectivity index (χ3v) is 3.67. The SMILES string of the molecule is O=C(Nc1ccc(CCl)cc1)c1cc(Br)ccc1Cl. The summed E-state index contributed by atoms with van der Waals surface area (Å²) in [6.07, 6.45) is 0. The van der Waals surface area contributed by atoms with Crippen molar-refractivity contribution in [1.29, 1.82) is 0 Å². The average Bonchev–Trinajstić information content (AvgIpc) is 2.42. The Hall–Kier alpha value is -1.03. The lowest BCUT2D eigenvalue weighted by atomic mass is 10.2. The monoisotopic (exact) mass is 357 g/mol. The first-order chi connectivity index (χ1) is 9.10. The molecule has 0 fully saturated rings.